The Hall–Kier alpha value is -2.93. The molecule has 1 unspecified atom stereocenters. The molecule has 4 rings (SSSR count). The predicted octanol–water partition coefficient (Wildman–Crippen LogP) is 4.85. The Morgan fingerprint density at radius 2 is 1.68 bits per heavy atom. The lowest BCUT2D eigenvalue weighted by Gasteiger charge is -2.10. The van der Waals surface area contributed by atoms with E-state index in [1.807, 2.05) is 56.3 Å². The van der Waals surface area contributed by atoms with Gasteiger partial charge in [0, 0.05) is 5.56 Å². The molecule has 0 amide bonds. The fourth-order valence-electron chi connectivity index (χ4n) is 2.82. The third-order valence-electron chi connectivity index (χ3n) is 4.45. The number of hydrogen-bond donors (Lipinski definition) is 0. The van der Waals surface area contributed by atoms with E-state index in [4.69, 9.17) is 4.42 Å². The zero-order valence-electron chi connectivity index (χ0n) is 16.0. The minimum Gasteiger partial charge on any atom is -0.419 e. The van der Waals surface area contributed by atoms with E-state index in [-0.39, 0.29) is 5.25 Å². The summed E-state index contributed by atoms with van der Waals surface area (Å²) in [5.41, 5.74) is 3.32. The van der Waals surface area contributed by atoms with Gasteiger partial charge in [0.15, 0.2) is 5.16 Å². The van der Waals surface area contributed by atoms with E-state index in [2.05, 4.69) is 44.0 Å². The second-order valence-corrected chi connectivity index (χ2v) is 7.98. The lowest BCUT2D eigenvalue weighted by atomic mass is 10.1. The molecule has 6 nitrogen and oxygen atoms in total. The van der Waals surface area contributed by atoms with Gasteiger partial charge >= 0.3 is 0 Å². The minimum absolute atomic E-state index is 0.0372. The molecule has 0 bridgehead atoms. The number of hydrogen-bond acceptors (Lipinski definition) is 6. The van der Waals surface area contributed by atoms with E-state index in [9.17, 15) is 0 Å². The first-order chi connectivity index (χ1) is 13.6. The molecular formula is C21H21N5OS. The summed E-state index contributed by atoms with van der Waals surface area (Å²) >= 11 is 1.57. The van der Waals surface area contributed by atoms with Crippen LogP contribution in [-0.4, -0.2) is 25.0 Å². The molecule has 0 radical (unpaired) electrons. The van der Waals surface area contributed by atoms with Crippen LogP contribution in [0.2, 0.25) is 0 Å². The predicted molar refractivity (Wildman–Crippen MR) is 109 cm³/mol. The fraction of sp³-hybridized carbons (Fsp3) is 0.238. The first-order valence-electron chi connectivity index (χ1n) is 9.11. The third-order valence-corrected chi connectivity index (χ3v) is 5.52. The summed E-state index contributed by atoms with van der Waals surface area (Å²) in [6.07, 6.45) is 0. The molecule has 0 spiro atoms. The first-order valence-corrected chi connectivity index (χ1v) is 9.99. The van der Waals surface area contributed by atoms with Crippen LogP contribution in [0.1, 0.15) is 35.0 Å². The summed E-state index contributed by atoms with van der Waals surface area (Å²) in [6.45, 7) is 6.78. The van der Waals surface area contributed by atoms with Gasteiger partial charge in [-0.05, 0) is 38.5 Å². The molecular weight excluding hydrogens is 370 g/mol. The normalized spacial score (nSPS) is 12.2. The summed E-state index contributed by atoms with van der Waals surface area (Å²) < 4.78 is 8.01. The first kappa shape index (κ1) is 18.4. The topological polar surface area (TPSA) is 69.6 Å². The smallest absolute Gasteiger partial charge is 0.247 e. The van der Waals surface area contributed by atoms with Gasteiger partial charge in [-0.15, -0.1) is 20.4 Å². The van der Waals surface area contributed by atoms with Crippen molar-refractivity contribution in [2.45, 2.75) is 37.7 Å². The van der Waals surface area contributed by atoms with Crippen molar-refractivity contribution in [1.29, 1.82) is 0 Å². The molecule has 2 aromatic carbocycles. The zero-order valence-corrected chi connectivity index (χ0v) is 16.8. The molecule has 0 N–H and O–H groups in total. The van der Waals surface area contributed by atoms with Crippen molar-refractivity contribution < 1.29 is 4.42 Å². The highest BCUT2D eigenvalue weighted by atomic mass is 32.2. The van der Waals surface area contributed by atoms with Gasteiger partial charge in [0.1, 0.15) is 5.82 Å². The SMILES string of the molecule is Cc1ccc(-c2nnc(C(C)Sc3nnc(C)n3Cc3ccccc3)o2)cc1. The van der Waals surface area contributed by atoms with Crippen LogP contribution in [0.25, 0.3) is 11.5 Å². The molecule has 0 saturated carbocycles. The quantitative estimate of drug-likeness (QED) is 0.438. The maximum atomic E-state index is 5.91. The zero-order chi connectivity index (χ0) is 19.5. The number of nitrogens with zero attached hydrogens (tertiary/aromatic N) is 5. The Kier molecular flexibility index (Phi) is 5.25. The molecule has 2 heterocycles. The molecule has 0 aliphatic rings. The molecule has 0 aliphatic carbocycles. The average molecular weight is 392 g/mol. The molecule has 0 fully saturated rings. The summed E-state index contributed by atoms with van der Waals surface area (Å²) in [4.78, 5) is 0. The summed E-state index contributed by atoms with van der Waals surface area (Å²) in [6, 6.07) is 18.3. The van der Waals surface area contributed by atoms with Gasteiger partial charge in [-0.25, -0.2) is 0 Å². The van der Waals surface area contributed by atoms with E-state index < -0.39 is 0 Å². The van der Waals surface area contributed by atoms with Crippen molar-refractivity contribution in [2.24, 2.45) is 0 Å². The van der Waals surface area contributed by atoms with Crippen LogP contribution in [0.5, 0.6) is 0 Å². The highest BCUT2D eigenvalue weighted by Gasteiger charge is 2.20. The Balaban J connectivity index is 1.51. The van der Waals surface area contributed by atoms with Gasteiger partial charge in [-0.1, -0.05) is 59.8 Å². The molecule has 142 valence electrons. The van der Waals surface area contributed by atoms with E-state index in [1.54, 1.807) is 11.8 Å². The van der Waals surface area contributed by atoms with E-state index >= 15 is 0 Å². The highest BCUT2D eigenvalue weighted by molar-refractivity contribution is 7.99. The monoisotopic (exact) mass is 391 g/mol. The van der Waals surface area contributed by atoms with Crippen molar-refractivity contribution in [2.75, 3.05) is 0 Å². The lowest BCUT2D eigenvalue weighted by molar-refractivity contribution is 0.508. The maximum absolute atomic E-state index is 5.91. The van der Waals surface area contributed by atoms with Crippen LogP contribution in [-0.2, 0) is 6.54 Å². The van der Waals surface area contributed by atoms with Crippen LogP contribution in [0.4, 0.5) is 0 Å². The van der Waals surface area contributed by atoms with Crippen molar-refractivity contribution in [3.05, 3.63) is 77.4 Å². The summed E-state index contributed by atoms with van der Waals surface area (Å²) in [5.74, 6) is 1.99. The van der Waals surface area contributed by atoms with Crippen LogP contribution in [0.15, 0.2) is 64.2 Å². The summed E-state index contributed by atoms with van der Waals surface area (Å²) in [5, 5.41) is 17.8. The van der Waals surface area contributed by atoms with Gasteiger partial charge < -0.3 is 8.98 Å². The second-order valence-electron chi connectivity index (χ2n) is 6.67. The standard InChI is InChI=1S/C21H21N5OS/c1-14-9-11-18(12-10-14)20-24-23-19(27-20)15(2)28-21-25-22-16(3)26(21)13-17-7-5-4-6-8-17/h4-12,15H,13H2,1-3H3. The van der Waals surface area contributed by atoms with Gasteiger partial charge in [0.25, 0.3) is 0 Å². The minimum atomic E-state index is -0.0372. The maximum Gasteiger partial charge on any atom is 0.247 e. The Morgan fingerprint density at radius 3 is 2.43 bits per heavy atom. The number of rotatable bonds is 6. The highest BCUT2D eigenvalue weighted by Crippen LogP contribution is 2.34. The number of aryl methyl sites for hydroxylation is 2. The molecule has 28 heavy (non-hydrogen) atoms. The average Bonchev–Trinajstić information content (AvgIpc) is 3.32. The summed E-state index contributed by atoms with van der Waals surface area (Å²) in [7, 11) is 0. The number of thioether (sulfide) groups is 1. The molecule has 2 aromatic heterocycles. The van der Waals surface area contributed by atoms with Gasteiger partial charge in [0.2, 0.25) is 11.8 Å². The lowest BCUT2D eigenvalue weighted by Crippen LogP contribution is -2.04. The van der Waals surface area contributed by atoms with E-state index in [0.717, 1.165) is 23.1 Å². The molecule has 7 heteroatoms. The van der Waals surface area contributed by atoms with Crippen LogP contribution in [0.3, 0.4) is 0 Å². The molecule has 1 atom stereocenters. The van der Waals surface area contributed by atoms with Gasteiger partial charge in [-0.3, -0.25) is 0 Å². The van der Waals surface area contributed by atoms with Crippen molar-refractivity contribution in [3.63, 3.8) is 0 Å². The number of benzene rings is 2. The van der Waals surface area contributed by atoms with Crippen molar-refractivity contribution in [1.82, 2.24) is 25.0 Å². The van der Waals surface area contributed by atoms with Gasteiger partial charge in [-0.2, -0.15) is 0 Å². The molecule has 0 saturated heterocycles. The molecule has 4 aromatic rings. The van der Waals surface area contributed by atoms with Crippen LogP contribution in [0, 0.1) is 13.8 Å². The molecule has 0 aliphatic heterocycles. The Bertz CT molecular complexity index is 1060. The van der Waals surface area contributed by atoms with Crippen molar-refractivity contribution in [3.8, 4) is 11.5 Å². The second kappa shape index (κ2) is 7.98. The third kappa shape index (κ3) is 3.99. The van der Waals surface area contributed by atoms with E-state index in [1.165, 1.54) is 11.1 Å². The number of aromatic nitrogens is 5. The largest absolute Gasteiger partial charge is 0.419 e. The van der Waals surface area contributed by atoms with Crippen molar-refractivity contribution >= 4 is 11.8 Å². The van der Waals surface area contributed by atoms with Crippen LogP contribution < -0.4 is 0 Å². The van der Waals surface area contributed by atoms with E-state index in [0.29, 0.717) is 11.8 Å². The fourth-order valence-corrected chi connectivity index (χ4v) is 3.74. The van der Waals surface area contributed by atoms with Gasteiger partial charge in [0.05, 0.1) is 11.8 Å². The Morgan fingerprint density at radius 1 is 0.929 bits per heavy atom. The van der Waals surface area contributed by atoms with Crippen LogP contribution >= 0.6 is 11.8 Å². The Labute approximate surface area is 168 Å².